The Morgan fingerprint density at radius 3 is 2.65 bits per heavy atom. The smallest absolute Gasteiger partial charge is 0.267 e. The van der Waals surface area contributed by atoms with E-state index in [1.54, 1.807) is 24.3 Å². The molecule has 1 saturated heterocycles. The van der Waals surface area contributed by atoms with E-state index >= 15 is 0 Å². The van der Waals surface area contributed by atoms with E-state index < -0.39 is 5.91 Å². The number of aryl methyl sites for hydroxylation is 2. The maximum atomic E-state index is 14.0. The van der Waals surface area contributed by atoms with Gasteiger partial charge in [0.1, 0.15) is 6.33 Å². The number of rotatable bonds is 7. The molecule has 1 aliphatic rings. The van der Waals surface area contributed by atoms with Crippen molar-refractivity contribution < 1.29 is 4.79 Å². The van der Waals surface area contributed by atoms with E-state index in [0.717, 1.165) is 47.3 Å². The van der Waals surface area contributed by atoms with E-state index in [1.165, 1.54) is 17.3 Å². The van der Waals surface area contributed by atoms with Crippen LogP contribution in [0.15, 0.2) is 59.8 Å². The molecule has 2 aromatic heterocycles. The summed E-state index contributed by atoms with van der Waals surface area (Å²) in [5, 5.41) is 4.04. The lowest BCUT2D eigenvalue weighted by molar-refractivity contribution is 0.1000. The van der Waals surface area contributed by atoms with Gasteiger partial charge in [-0.25, -0.2) is 9.97 Å². The number of primary amides is 1. The van der Waals surface area contributed by atoms with Gasteiger partial charge in [0, 0.05) is 36.5 Å². The summed E-state index contributed by atoms with van der Waals surface area (Å²) in [5.74, 6) is -0.551. The van der Waals surface area contributed by atoms with Gasteiger partial charge in [0.15, 0.2) is 5.65 Å². The number of pyridine rings is 1. The van der Waals surface area contributed by atoms with Gasteiger partial charge in [-0.1, -0.05) is 35.4 Å². The molecule has 0 bridgehead atoms. The summed E-state index contributed by atoms with van der Waals surface area (Å²) >= 11 is 0. The third-order valence-electron chi connectivity index (χ3n) is 6.96. The van der Waals surface area contributed by atoms with E-state index in [1.807, 2.05) is 6.20 Å². The summed E-state index contributed by atoms with van der Waals surface area (Å²) in [6.07, 6.45) is 5.63. The molecule has 5 rings (SSSR count). The third-order valence-corrected chi connectivity index (χ3v) is 6.96. The molecule has 8 heteroatoms. The summed E-state index contributed by atoms with van der Waals surface area (Å²) in [4.78, 5) is 37.2. The number of nitrogens with one attached hydrogen (secondary N) is 1. The quantitative estimate of drug-likeness (QED) is 0.407. The summed E-state index contributed by atoms with van der Waals surface area (Å²) < 4.78 is 1.46. The Balaban J connectivity index is 1.70. The highest BCUT2D eigenvalue weighted by Gasteiger charge is 2.21. The van der Waals surface area contributed by atoms with Crippen molar-refractivity contribution in [3.05, 3.63) is 87.6 Å². The van der Waals surface area contributed by atoms with Crippen LogP contribution in [0.25, 0.3) is 27.8 Å². The van der Waals surface area contributed by atoms with Crippen molar-refractivity contribution in [1.82, 2.24) is 24.8 Å². The molecule has 0 unspecified atom stereocenters. The molecule has 3 N–H and O–H groups in total. The summed E-state index contributed by atoms with van der Waals surface area (Å²) in [6.45, 7) is 6.64. The van der Waals surface area contributed by atoms with Crippen molar-refractivity contribution >= 4 is 16.9 Å². The van der Waals surface area contributed by atoms with E-state index in [0.29, 0.717) is 34.9 Å². The number of hydrogen-bond donors (Lipinski definition) is 2. The van der Waals surface area contributed by atoms with Crippen LogP contribution < -0.4 is 16.6 Å². The summed E-state index contributed by atoms with van der Waals surface area (Å²) in [6, 6.07) is 13.5. The molecule has 3 heterocycles. The van der Waals surface area contributed by atoms with Gasteiger partial charge in [-0.3, -0.25) is 14.2 Å². The van der Waals surface area contributed by atoms with Crippen LogP contribution in [0.3, 0.4) is 0 Å². The second kappa shape index (κ2) is 10.2. The van der Waals surface area contributed by atoms with Gasteiger partial charge in [0.05, 0.1) is 11.1 Å². The van der Waals surface area contributed by atoms with Crippen molar-refractivity contribution in [1.29, 1.82) is 0 Å². The molecular weight excluding hydrogens is 464 g/mol. The van der Waals surface area contributed by atoms with E-state index in [2.05, 4.69) is 59.3 Å². The average Bonchev–Trinajstić information content (AvgIpc) is 3.36. The fourth-order valence-electron chi connectivity index (χ4n) is 5.31. The minimum atomic E-state index is -0.551. The maximum Gasteiger partial charge on any atom is 0.267 e. The number of carbonyl (C=O) groups excluding carboxylic acids is 1. The first kappa shape index (κ1) is 24.8. The molecule has 0 aliphatic carbocycles. The van der Waals surface area contributed by atoms with Crippen molar-refractivity contribution in [3.8, 4) is 16.8 Å². The lowest BCUT2D eigenvalue weighted by Gasteiger charge is -2.23. The molecule has 0 spiro atoms. The topological polar surface area (TPSA) is 106 Å². The van der Waals surface area contributed by atoms with Gasteiger partial charge < -0.3 is 16.0 Å². The van der Waals surface area contributed by atoms with Gasteiger partial charge in [-0.15, -0.1) is 0 Å². The van der Waals surface area contributed by atoms with Crippen LogP contribution in [0, 0.1) is 13.8 Å². The Kier molecular flexibility index (Phi) is 6.86. The predicted octanol–water partition coefficient (Wildman–Crippen LogP) is 3.35. The van der Waals surface area contributed by atoms with Crippen molar-refractivity contribution in [2.24, 2.45) is 5.73 Å². The first-order chi connectivity index (χ1) is 17.8. The highest BCUT2D eigenvalue weighted by atomic mass is 16.1. The standard InChI is InChI=1S/C29H32N6O2/c1-18-10-19(2)12-21(11-18)24-14-32-28-26(25(24)16-34(3)15-22-7-5-9-31-22)29(37)35(17-33-28)23-8-4-6-20(13-23)27(30)36/h4,6,8,10-14,17,22,31H,5,7,9,15-16H2,1-3H3,(H2,30,36)/t22-/m0/s1. The Hall–Kier alpha value is -3.88. The van der Waals surface area contributed by atoms with Crippen LogP contribution in [0.2, 0.25) is 0 Å². The Labute approximate surface area is 216 Å². The molecule has 1 aliphatic heterocycles. The molecule has 1 atom stereocenters. The van der Waals surface area contributed by atoms with E-state index in [-0.39, 0.29) is 5.56 Å². The number of fused-ring (bicyclic) bond motifs is 1. The van der Waals surface area contributed by atoms with Crippen LogP contribution in [-0.2, 0) is 6.54 Å². The summed E-state index contributed by atoms with van der Waals surface area (Å²) in [5.41, 5.74) is 11.7. The number of nitrogens with zero attached hydrogens (tertiary/aromatic N) is 4. The largest absolute Gasteiger partial charge is 0.366 e. The second-order valence-corrected chi connectivity index (χ2v) is 10.0. The number of likely N-dealkylation sites (N-methyl/N-ethyl adjacent to an activating group) is 1. The Morgan fingerprint density at radius 2 is 1.95 bits per heavy atom. The fraction of sp³-hybridized carbons (Fsp3) is 0.310. The molecule has 1 fully saturated rings. The lowest BCUT2D eigenvalue weighted by Crippen LogP contribution is -2.35. The SMILES string of the molecule is Cc1cc(C)cc(-c2cnc3ncn(-c4cccc(C(N)=O)c4)c(=O)c3c2CN(C)C[C@@H]2CCCN2)c1. The number of hydrogen-bond acceptors (Lipinski definition) is 6. The van der Waals surface area contributed by atoms with Gasteiger partial charge in [0.2, 0.25) is 5.91 Å². The van der Waals surface area contributed by atoms with Crippen molar-refractivity contribution in [2.75, 3.05) is 20.1 Å². The number of benzene rings is 2. The predicted molar refractivity (Wildman–Crippen MR) is 146 cm³/mol. The Morgan fingerprint density at radius 1 is 1.16 bits per heavy atom. The molecule has 8 nitrogen and oxygen atoms in total. The van der Waals surface area contributed by atoms with Crippen molar-refractivity contribution in [3.63, 3.8) is 0 Å². The molecule has 0 saturated carbocycles. The molecular formula is C29H32N6O2. The molecule has 0 radical (unpaired) electrons. The number of nitrogens with two attached hydrogens (primary N) is 1. The number of carbonyl (C=O) groups is 1. The van der Waals surface area contributed by atoms with Crippen LogP contribution in [-0.4, -0.2) is 51.5 Å². The van der Waals surface area contributed by atoms with E-state index in [9.17, 15) is 9.59 Å². The molecule has 4 aromatic rings. The highest BCUT2D eigenvalue weighted by Crippen LogP contribution is 2.30. The van der Waals surface area contributed by atoms with Crippen molar-refractivity contribution in [2.45, 2.75) is 39.3 Å². The zero-order valence-corrected chi connectivity index (χ0v) is 21.5. The molecule has 2 aromatic carbocycles. The van der Waals surface area contributed by atoms with E-state index in [4.69, 9.17) is 5.73 Å². The number of aromatic nitrogens is 3. The van der Waals surface area contributed by atoms with Gasteiger partial charge in [-0.05, 0) is 69.6 Å². The third kappa shape index (κ3) is 5.16. The fourth-order valence-corrected chi connectivity index (χ4v) is 5.31. The highest BCUT2D eigenvalue weighted by molar-refractivity contribution is 5.93. The maximum absolute atomic E-state index is 14.0. The normalized spacial score (nSPS) is 15.5. The molecule has 190 valence electrons. The Bertz CT molecular complexity index is 1520. The van der Waals surface area contributed by atoms with Crippen LogP contribution in [0.1, 0.15) is 39.9 Å². The van der Waals surface area contributed by atoms with Crippen LogP contribution in [0.4, 0.5) is 0 Å². The summed E-state index contributed by atoms with van der Waals surface area (Å²) in [7, 11) is 2.09. The first-order valence-corrected chi connectivity index (χ1v) is 12.6. The number of amides is 1. The monoisotopic (exact) mass is 496 g/mol. The van der Waals surface area contributed by atoms with Gasteiger partial charge in [0.25, 0.3) is 5.56 Å². The first-order valence-electron chi connectivity index (χ1n) is 12.6. The molecule has 1 amide bonds. The second-order valence-electron chi connectivity index (χ2n) is 10.0. The minimum Gasteiger partial charge on any atom is -0.366 e. The zero-order valence-electron chi connectivity index (χ0n) is 21.5. The van der Waals surface area contributed by atoms with Crippen LogP contribution >= 0.6 is 0 Å². The van der Waals surface area contributed by atoms with Gasteiger partial charge >= 0.3 is 0 Å². The lowest BCUT2D eigenvalue weighted by atomic mass is 9.96. The van der Waals surface area contributed by atoms with Gasteiger partial charge in [-0.2, -0.15) is 0 Å². The average molecular weight is 497 g/mol. The minimum absolute atomic E-state index is 0.229. The zero-order chi connectivity index (χ0) is 26.1. The van der Waals surface area contributed by atoms with Crippen LogP contribution in [0.5, 0.6) is 0 Å². The molecule has 37 heavy (non-hydrogen) atoms.